The Balaban J connectivity index is 1.90. The number of unbranched alkanes of at least 4 members (excludes halogenated alkanes) is 3. The van der Waals surface area contributed by atoms with Gasteiger partial charge < -0.3 is 20.4 Å². The van der Waals surface area contributed by atoms with Crippen molar-refractivity contribution < 1.29 is 9.59 Å². The minimum atomic E-state index is -0.0204. The van der Waals surface area contributed by atoms with E-state index in [2.05, 4.69) is 66.0 Å². The van der Waals surface area contributed by atoms with Crippen molar-refractivity contribution >= 4 is 35.0 Å². The number of amides is 2. The van der Waals surface area contributed by atoms with Crippen molar-refractivity contribution in [2.45, 2.75) is 141 Å². The van der Waals surface area contributed by atoms with E-state index >= 15 is 0 Å². The second-order valence-corrected chi connectivity index (χ2v) is 14.3. The molecule has 2 aliphatic heterocycles. The summed E-state index contributed by atoms with van der Waals surface area (Å²) in [6.07, 6.45) is 7.66. The van der Waals surface area contributed by atoms with Crippen LogP contribution in [-0.4, -0.2) is 80.7 Å². The molecule has 0 radical (unpaired) electrons. The number of rotatable bonds is 11. The standard InChI is InChI=1S/C28H52Cl2N4O2/c1-25(2)15-21(16-26(3,4)31-25)33(23(35)19-29)13-11-9-10-12-14-34(24(36)20-30)22-17-27(5,6)32-28(7,8)18-22/h21-22,31-32H,9-20H2,1-8H3. The van der Waals surface area contributed by atoms with Crippen LogP contribution < -0.4 is 10.6 Å². The average Bonchev–Trinajstić information content (AvgIpc) is 2.70. The first-order chi connectivity index (χ1) is 16.5. The third-order valence-electron chi connectivity index (χ3n) is 7.64. The van der Waals surface area contributed by atoms with E-state index in [1.165, 1.54) is 0 Å². The molecule has 2 aliphatic rings. The number of hydrogen-bond acceptors (Lipinski definition) is 4. The molecular weight excluding hydrogens is 495 g/mol. The number of carbonyl (C=O) groups excluding carboxylic acids is 2. The fraction of sp³-hybridized carbons (Fsp3) is 0.929. The molecule has 2 N–H and O–H groups in total. The van der Waals surface area contributed by atoms with E-state index in [0.29, 0.717) is 0 Å². The lowest BCUT2D eigenvalue weighted by molar-refractivity contribution is -0.133. The summed E-state index contributed by atoms with van der Waals surface area (Å²) in [5.74, 6) is 0.127. The van der Waals surface area contributed by atoms with Crippen LogP contribution in [0.4, 0.5) is 0 Å². The lowest BCUT2D eigenvalue weighted by Gasteiger charge is -2.49. The van der Waals surface area contributed by atoms with Gasteiger partial charge in [-0.05, 0) is 93.9 Å². The molecule has 6 nitrogen and oxygen atoms in total. The number of alkyl halides is 2. The van der Waals surface area contributed by atoms with Gasteiger partial charge in [0.1, 0.15) is 11.8 Å². The Labute approximate surface area is 230 Å². The maximum Gasteiger partial charge on any atom is 0.237 e. The first-order valence-corrected chi connectivity index (χ1v) is 14.9. The molecule has 0 bridgehead atoms. The smallest absolute Gasteiger partial charge is 0.237 e. The van der Waals surface area contributed by atoms with Crippen LogP contribution in [0.15, 0.2) is 0 Å². The van der Waals surface area contributed by atoms with E-state index in [9.17, 15) is 9.59 Å². The van der Waals surface area contributed by atoms with Gasteiger partial charge in [0.25, 0.3) is 0 Å². The lowest BCUT2D eigenvalue weighted by Crippen LogP contribution is -2.63. The van der Waals surface area contributed by atoms with E-state index in [1.54, 1.807) is 0 Å². The molecule has 2 amide bonds. The Morgan fingerprint density at radius 2 is 0.889 bits per heavy atom. The van der Waals surface area contributed by atoms with Crippen molar-refractivity contribution in [3.05, 3.63) is 0 Å². The van der Waals surface area contributed by atoms with Crippen LogP contribution >= 0.6 is 23.2 Å². The van der Waals surface area contributed by atoms with E-state index in [-0.39, 0.29) is 57.8 Å². The van der Waals surface area contributed by atoms with Crippen LogP contribution in [0.3, 0.4) is 0 Å². The van der Waals surface area contributed by atoms with Gasteiger partial charge in [-0.1, -0.05) is 12.8 Å². The van der Waals surface area contributed by atoms with E-state index in [0.717, 1.165) is 64.5 Å². The molecule has 0 aromatic heterocycles. The topological polar surface area (TPSA) is 64.7 Å². The molecular formula is C28H52Cl2N4O2. The maximum absolute atomic E-state index is 12.7. The summed E-state index contributed by atoms with van der Waals surface area (Å²) in [6, 6.07) is 0.400. The Hall–Kier alpha value is -0.560. The molecule has 2 fully saturated rings. The molecule has 0 spiro atoms. The van der Waals surface area contributed by atoms with Gasteiger partial charge in [-0.25, -0.2) is 0 Å². The monoisotopic (exact) mass is 546 g/mol. The number of halogens is 2. The molecule has 2 saturated heterocycles. The average molecular weight is 548 g/mol. The van der Waals surface area contributed by atoms with E-state index < -0.39 is 0 Å². The van der Waals surface area contributed by atoms with Gasteiger partial charge in [-0.2, -0.15) is 0 Å². The minimum Gasteiger partial charge on any atom is -0.339 e. The van der Waals surface area contributed by atoms with Crippen LogP contribution in [0.1, 0.15) is 107 Å². The highest BCUT2D eigenvalue weighted by atomic mass is 35.5. The highest BCUT2D eigenvalue weighted by molar-refractivity contribution is 6.27. The first kappa shape index (κ1) is 31.7. The van der Waals surface area contributed by atoms with Crippen molar-refractivity contribution in [1.29, 1.82) is 0 Å². The van der Waals surface area contributed by atoms with Gasteiger partial charge in [-0.15, -0.1) is 23.2 Å². The number of nitrogens with zero attached hydrogens (tertiary/aromatic N) is 2. The van der Waals surface area contributed by atoms with E-state index in [4.69, 9.17) is 23.2 Å². The summed E-state index contributed by atoms with van der Waals surface area (Å²) in [5.41, 5.74) is -0.0816. The Kier molecular flexibility index (Phi) is 11.0. The van der Waals surface area contributed by atoms with Crippen molar-refractivity contribution in [1.82, 2.24) is 20.4 Å². The van der Waals surface area contributed by atoms with Gasteiger partial charge in [0.2, 0.25) is 11.8 Å². The van der Waals surface area contributed by atoms with Gasteiger partial charge in [-0.3, -0.25) is 9.59 Å². The summed E-state index contributed by atoms with van der Waals surface area (Å²) in [5, 5.41) is 7.41. The third kappa shape index (κ3) is 9.63. The van der Waals surface area contributed by atoms with Gasteiger partial charge in [0, 0.05) is 47.3 Å². The SMILES string of the molecule is CC1(C)CC(N(CCCCCCN(C(=O)CCl)C2CC(C)(C)NC(C)(C)C2)C(=O)CCl)CC(C)(C)N1. The van der Waals surface area contributed by atoms with Crippen LogP contribution in [-0.2, 0) is 9.59 Å². The molecule has 210 valence electrons. The summed E-state index contributed by atoms with van der Waals surface area (Å²) in [4.78, 5) is 29.5. The third-order valence-corrected chi connectivity index (χ3v) is 8.09. The van der Waals surface area contributed by atoms with Crippen LogP contribution in [0, 0.1) is 0 Å². The maximum atomic E-state index is 12.7. The molecule has 8 heteroatoms. The normalized spacial score (nSPS) is 23.3. The predicted molar refractivity (Wildman–Crippen MR) is 152 cm³/mol. The molecule has 0 aliphatic carbocycles. The van der Waals surface area contributed by atoms with Crippen molar-refractivity contribution in [3.63, 3.8) is 0 Å². The van der Waals surface area contributed by atoms with Crippen LogP contribution in [0.25, 0.3) is 0 Å². The Bertz CT molecular complexity index is 660. The van der Waals surface area contributed by atoms with Crippen LogP contribution in [0.2, 0.25) is 0 Å². The number of nitrogens with one attached hydrogen (secondary N) is 2. The summed E-state index contributed by atoms with van der Waals surface area (Å²) >= 11 is 12.0. The Morgan fingerprint density at radius 1 is 0.611 bits per heavy atom. The number of carbonyl (C=O) groups is 2. The minimum absolute atomic E-state index is 0.0204. The van der Waals surface area contributed by atoms with Gasteiger partial charge in [0.15, 0.2) is 0 Å². The van der Waals surface area contributed by atoms with E-state index in [1.807, 2.05) is 9.80 Å². The zero-order valence-electron chi connectivity index (χ0n) is 24.1. The number of hydrogen-bond donors (Lipinski definition) is 2. The quantitative estimate of drug-likeness (QED) is 0.272. The zero-order valence-corrected chi connectivity index (χ0v) is 25.6. The lowest BCUT2D eigenvalue weighted by atomic mass is 9.79. The van der Waals surface area contributed by atoms with Crippen LogP contribution in [0.5, 0.6) is 0 Å². The van der Waals surface area contributed by atoms with Crippen molar-refractivity contribution in [2.75, 3.05) is 24.8 Å². The van der Waals surface area contributed by atoms with Crippen molar-refractivity contribution in [3.8, 4) is 0 Å². The summed E-state index contributed by atoms with van der Waals surface area (Å²) in [6.45, 7) is 19.2. The molecule has 0 aromatic rings. The zero-order chi connectivity index (χ0) is 27.4. The molecule has 2 rings (SSSR count). The molecule has 2 heterocycles. The molecule has 36 heavy (non-hydrogen) atoms. The molecule has 0 aromatic carbocycles. The van der Waals surface area contributed by atoms with Crippen molar-refractivity contribution in [2.24, 2.45) is 0 Å². The highest BCUT2D eigenvalue weighted by Crippen LogP contribution is 2.33. The predicted octanol–water partition coefficient (Wildman–Crippen LogP) is 5.30. The Morgan fingerprint density at radius 3 is 1.14 bits per heavy atom. The largest absolute Gasteiger partial charge is 0.339 e. The molecule has 0 unspecified atom stereocenters. The molecule has 0 atom stereocenters. The fourth-order valence-electron chi connectivity index (χ4n) is 7.07. The summed E-state index contributed by atoms with van der Waals surface area (Å²) < 4.78 is 0. The second-order valence-electron chi connectivity index (χ2n) is 13.8. The highest BCUT2D eigenvalue weighted by Gasteiger charge is 2.42. The van der Waals surface area contributed by atoms with Gasteiger partial charge in [0.05, 0.1) is 0 Å². The summed E-state index contributed by atoms with van der Waals surface area (Å²) in [7, 11) is 0. The number of piperidine rings is 2. The fourth-order valence-corrected chi connectivity index (χ4v) is 7.38. The molecule has 0 saturated carbocycles. The van der Waals surface area contributed by atoms with Gasteiger partial charge >= 0.3 is 0 Å². The first-order valence-electron chi connectivity index (χ1n) is 13.8. The second kappa shape index (κ2) is 12.5.